The van der Waals surface area contributed by atoms with Crippen LogP contribution in [0.15, 0.2) is 48.5 Å². The molecule has 1 aliphatic rings. The van der Waals surface area contributed by atoms with Crippen LogP contribution in [0.3, 0.4) is 0 Å². The Morgan fingerprint density at radius 2 is 1.44 bits per heavy atom. The maximum Gasteiger partial charge on any atom is 0.573 e. The summed E-state index contributed by atoms with van der Waals surface area (Å²) in [5, 5.41) is 0. The van der Waals surface area contributed by atoms with Gasteiger partial charge in [0.15, 0.2) is 0 Å². The number of rotatable bonds is 4. The predicted molar refractivity (Wildman–Crippen MR) is 90.2 cm³/mol. The van der Waals surface area contributed by atoms with Gasteiger partial charge in [-0.15, -0.1) is 13.2 Å². The van der Waals surface area contributed by atoms with Crippen molar-refractivity contribution in [2.45, 2.75) is 32.2 Å². The van der Waals surface area contributed by atoms with Crippen molar-refractivity contribution in [2.75, 3.05) is 18.0 Å². The number of alkyl halides is 3. The molecule has 0 saturated carbocycles. The van der Waals surface area contributed by atoms with Gasteiger partial charge in [0.1, 0.15) is 17.6 Å². The SMILES string of the molecule is Cc1ccc(N2CCC(Oc3ccc(OC(F)(F)F)cc3)CC2)cc1. The van der Waals surface area contributed by atoms with Gasteiger partial charge in [0.2, 0.25) is 0 Å². The minimum atomic E-state index is -4.68. The van der Waals surface area contributed by atoms with Crippen LogP contribution in [0.25, 0.3) is 0 Å². The van der Waals surface area contributed by atoms with Crippen molar-refractivity contribution < 1.29 is 22.6 Å². The van der Waals surface area contributed by atoms with E-state index >= 15 is 0 Å². The fourth-order valence-corrected chi connectivity index (χ4v) is 2.90. The van der Waals surface area contributed by atoms with E-state index in [-0.39, 0.29) is 11.9 Å². The van der Waals surface area contributed by atoms with Gasteiger partial charge in [-0.25, -0.2) is 0 Å². The molecule has 0 aromatic heterocycles. The standard InChI is InChI=1S/C19H20F3NO2/c1-14-2-4-15(5-3-14)23-12-10-17(11-13-23)24-16-6-8-18(9-7-16)25-19(20,21)22/h2-9,17H,10-13H2,1H3. The highest BCUT2D eigenvalue weighted by molar-refractivity contribution is 5.47. The summed E-state index contributed by atoms with van der Waals surface area (Å²) in [6.07, 6.45) is -2.87. The summed E-state index contributed by atoms with van der Waals surface area (Å²) in [6, 6.07) is 14.0. The molecular formula is C19H20F3NO2. The molecule has 0 radical (unpaired) electrons. The van der Waals surface area contributed by atoms with Crippen molar-refractivity contribution >= 4 is 5.69 Å². The average molecular weight is 351 g/mol. The summed E-state index contributed by atoms with van der Waals surface area (Å²) in [5.41, 5.74) is 2.44. The van der Waals surface area contributed by atoms with Crippen LogP contribution in [0.5, 0.6) is 11.5 Å². The molecule has 0 unspecified atom stereocenters. The Balaban J connectivity index is 1.51. The molecule has 0 spiro atoms. The second-order valence-electron chi connectivity index (χ2n) is 6.16. The molecule has 1 heterocycles. The number of aryl methyl sites for hydroxylation is 1. The molecule has 2 aromatic rings. The zero-order valence-electron chi connectivity index (χ0n) is 13.9. The summed E-state index contributed by atoms with van der Waals surface area (Å²) in [6.45, 7) is 3.85. The molecule has 3 nitrogen and oxygen atoms in total. The van der Waals surface area contributed by atoms with Crippen LogP contribution in [-0.2, 0) is 0 Å². The lowest BCUT2D eigenvalue weighted by atomic mass is 10.1. The molecule has 0 amide bonds. The van der Waals surface area contributed by atoms with Crippen molar-refractivity contribution in [2.24, 2.45) is 0 Å². The van der Waals surface area contributed by atoms with Gasteiger partial charge in [0.05, 0.1) is 0 Å². The minimum Gasteiger partial charge on any atom is -0.490 e. The van der Waals surface area contributed by atoms with E-state index in [1.807, 2.05) is 0 Å². The monoisotopic (exact) mass is 351 g/mol. The Labute approximate surface area is 145 Å². The second kappa shape index (κ2) is 7.25. The Morgan fingerprint density at radius 3 is 2.00 bits per heavy atom. The van der Waals surface area contributed by atoms with Crippen molar-refractivity contribution in [1.82, 2.24) is 0 Å². The number of anilines is 1. The second-order valence-corrected chi connectivity index (χ2v) is 6.16. The highest BCUT2D eigenvalue weighted by Gasteiger charge is 2.31. The van der Waals surface area contributed by atoms with E-state index in [0.29, 0.717) is 5.75 Å². The Hall–Kier alpha value is -2.37. The van der Waals surface area contributed by atoms with E-state index in [9.17, 15) is 13.2 Å². The predicted octanol–water partition coefficient (Wildman–Crippen LogP) is 4.94. The lowest BCUT2D eigenvalue weighted by Crippen LogP contribution is -2.38. The Kier molecular flexibility index (Phi) is 5.06. The van der Waals surface area contributed by atoms with Crippen LogP contribution in [0.1, 0.15) is 18.4 Å². The molecule has 0 N–H and O–H groups in total. The number of ether oxygens (including phenoxy) is 2. The zero-order chi connectivity index (χ0) is 17.9. The third kappa shape index (κ3) is 5.05. The highest BCUT2D eigenvalue weighted by Crippen LogP contribution is 2.27. The molecule has 1 aliphatic heterocycles. The van der Waals surface area contributed by atoms with Gasteiger partial charge in [-0.05, 0) is 43.3 Å². The first kappa shape index (κ1) is 17.5. The first-order valence-corrected chi connectivity index (χ1v) is 8.23. The maximum absolute atomic E-state index is 12.2. The number of halogens is 3. The van der Waals surface area contributed by atoms with Crippen molar-refractivity contribution in [3.63, 3.8) is 0 Å². The third-order valence-electron chi connectivity index (χ3n) is 4.20. The lowest BCUT2D eigenvalue weighted by Gasteiger charge is -2.33. The van der Waals surface area contributed by atoms with E-state index in [1.165, 1.54) is 35.5 Å². The number of hydrogen-bond acceptors (Lipinski definition) is 3. The van der Waals surface area contributed by atoms with E-state index in [2.05, 4.69) is 40.8 Å². The van der Waals surface area contributed by atoms with Crippen LogP contribution in [-0.4, -0.2) is 25.6 Å². The van der Waals surface area contributed by atoms with Gasteiger partial charge in [-0.1, -0.05) is 17.7 Å². The van der Waals surface area contributed by atoms with Gasteiger partial charge in [-0.3, -0.25) is 0 Å². The molecule has 0 aliphatic carbocycles. The van der Waals surface area contributed by atoms with Crippen LogP contribution >= 0.6 is 0 Å². The quantitative estimate of drug-likeness (QED) is 0.779. The van der Waals surface area contributed by atoms with Crippen LogP contribution in [0, 0.1) is 6.92 Å². The van der Waals surface area contributed by atoms with Crippen LogP contribution < -0.4 is 14.4 Å². The first-order chi connectivity index (χ1) is 11.9. The molecule has 0 bridgehead atoms. The molecule has 25 heavy (non-hydrogen) atoms. The number of nitrogens with zero attached hydrogens (tertiary/aromatic N) is 1. The van der Waals surface area contributed by atoms with Crippen molar-refractivity contribution in [3.05, 3.63) is 54.1 Å². The average Bonchev–Trinajstić information content (AvgIpc) is 2.57. The van der Waals surface area contributed by atoms with Crippen LogP contribution in [0.2, 0.25) is 0 Å². The largest absolute Gasteiger partial charge is 0.573 e. The molecule has 1 fully saturated rings. The third-order valence-corrected chi connectivity index (χ3v) is 4.20. The van der Waals surface area contributed by atoms with Gasteiger partial charge < -0.3 is 14.4 Å². The van der Waals surface area contributed by atoms with Crippen molar-refractivity contribution in [3.8, 4) is 11.5 Å². The van der Waals surface area contributed by atoms with Gasteiger partial charge in [0, 0.05) is 31.6 Å². The van der Waals surface area contributed by atoms with Gasteiger partial charge in [0.25, 0.3) is 0 Å². The molecular weight excluding hydrogens is 331 g/mol. The van der Waals surface area contributed by atoms with Gasteiger partial charge in [-0.2, -0.15) is 0 Å². The van der Waals surface area contributed by atoms with E-state index < -0.39 is 6.36 Å². The maximum atomic E-state index is 12.2. The number of piperidine rings is 1. The van der Waals surface area contributed by atoms with E-state index in [1.54, 1.807) is 0 Å². The summed E-state index contributed by atoms with van der Waals surface area (Å²) in [4.78, 5) is 2.32. The number of benzene rings is 2. The summed E-state index contributed by atoms with van der Waals surface area (Å²) in [5.74, 6) is 0.317. The normalized spacial score (nSPS) is 15.9. The fourth-order valence-electron chi connectivity index (χ4n) is 2.90. The molecule has 1 saturated heterocycles. The highest BCUT2D eigenvalue weighted by atomic mass is 19.4. The summed E-state index contributed by atoms with van der Waals surface area (Å²) >= 11 is 0. The van der Waals surface area contributed by atoms with Gasteiger partial charge >= 0.3 is 6.36 Å². The number of hydrogen-bond donors (Lipinski definition) is 0. The zero-order valence-corrected chi connectivity index (χ0v) is 13.9. The summed E-state index contributed by atoms with van der Waals surface area (Å²) in [7, 11) is 0. The van der Waals surface area contributed by atoms with Crippen molar-refractivity contribution in [1.29, 1.82) is 0 Å². The van der Waals surface area contributed by atoms with E-state index in [0.717, 1.165) is 25.9 Å². The minimum absolute atomic E-state index is 0.0658. The fraction of sp³-hybridized carbons (Fsp3) is 0.368. The van der Waals surface area contributed by atoms with Crippen LogP contribution in [0.4, 0.5) is 18.9 Å². The van der Waals surface area contributed by atoms with E-state index in [4.69, 9.17) is 4.74 Å². The molecule has 3 rings (SSSR count). The summed E-state index contributed by atoms with van der Waals surface area (Å²) < 4.78 is 46.2. The molecule has 134 valence electrons. The lowest BCUT2D eigenvalue weighted by molar-refractivity contribution is -0.274. The topological polar surface area (TPSA) is 21.7 Å². The Bertz CT molecular complexity index is 675. The molecule has 0 atom stereocenters. The Morgan fingerprint density at radius 1 is 0.880 bits per heavy atom. The molecule has 6 heteroatoms. The smallest absolute Gasteiger partial charge is 0.490 e. The molecule has 2 aromatic carbocycles. The first-order valence-electron chi connectivity index (χ1n) is 8.23.